The van der Waals surface area contributed by atoms with Gasteiger partial charge in [0, 0.05) is 22.9 Å². The van der Waals surface area contributed by atoms with Crippen LogP contribution < -0.4 is 5.32 Å². The van der Waals surface area contributed by atoms with Gasteiger partial charge in [-0.3, -0.25) is 15.4 Å². The lowest BCUT2D eigenvalue weighted by atomic mass is 10.1. The van der Waals surface area contributed by atoms with Gasteiger partial charge in [0.05, 0.1) is 11.5 Å². The van der Waals surface area contributed by atoms with Crippen LogP contribution in [0.5, 0.6) is 0 Å². The van der Waals surface area contributed by atoms with E-state index in [-0.39, 0.29) is 10.6 Å². The molecule has 1 heterocycles. The Morgan fingerprint density at radius 1 is 1.43 bits per heavy atom. The Morgan fingerprint density at radius 2 is 2.17 bits per heavy atom. The second kappa shape index (κ2) is 7.25. The summed E-state index contributed by atoms with van der Waals surface area (Å²) in [7, 11) is 1.92. The second-order valence-electron chi connectivity index (χ2n) is 5.81. The Morgan fingerprint density at radius 3 is 2.74 bits per heavy atom. The maximum Gasteiger partial charge on any atom is 0.270 e. The van der Waals surface area contributed by atoms with E-state index in [9.17, 15) is 10.1 Å². The summed E-state index contributed by atoms with van der Waals surface area (Å²) in [6.45, 7) is 7.98. The lowest BCUT2D eigenvalue weighted by Gasteiger charge is -2.31. The molecule has 0 fully saturated rings. The van der Waals surface area contributed by atoms with Crippen LogP contribution in [0.4, 0.5) is 5.69 Å². The predicted octanol–water partition coefficient (Wildman–Crippen LogP) is 3.57. The molecule has 6 nitrogen and oxygen atoms in total. The first kappa shape index (κ1) is 17.7. The molecular weight excluding hydrogens is 312 g/mol. The van der Waals surface area contributed by atoms with Crippen LogP contribution in [0.1, 0.15) is 20.8 Å². The Hall–Kier alpha value is -1.70. The Labute approximate surface area is 141 Å². The van der Waals surface area contributed by atoms with E-state index in [1.807, 2.05) is 19.5 Å². The topological polar surface area (TPSA) is 67.5 Å². The third-order valence-electron chi connectivity index (χ3n) is 3.84. The molecule has 23 heavy (non-hydrogen) atoms. The molecule has 0 radical (unpaired) electrons. The van der Waals surface area contributed by atoms with Gasteiger partial charge in [-0.2, -0.15) is 0 Å². The molecule has 2 rings (SSSR count). The van der Waals surface area contributed by atoms with E-state index in [0.717, 1.165) is 28.8 Å². The van der Waals surface area contributed by atoms with Crippen molar-refractivity contribution in [3.63, 3.8) is 0 Å². The minimum absolute atomic E-state index is 0.115. The predicted molar refractivity (Wildman–Crippen MR) is 94.0 cm³/mol. The van der Waals surface area contributed by atoms with Crippen LogP contribution in [-0.4, -0.2) is 36.0 Å². The van der Waals surface area contributed by atoms with Crippen molar-refractivity contribution in [3.05, 3.63) is 45.1 Å². The first-order chi connectivity index (χ1) is 10.9. The molecule has 0 bridgehead atoms. The molecule has 0 saturated carbocycles. The molecule has 1 aliphatic heterocycles. The van der Waals surface area contributed by atoms with Crippen LogP contribution in [0.3, 0.4) is 0 Å². The molecule has 0 amide bonds. The van der Waals surface area contributed by atoms with Gasteiger partial charge >= 0.3 is 0 Å². The summed E-state index contributed by atoms with van der Waals surface area (Å²) in [5.74, 6) is 0.302. The zero-order valence-electron chi connectivity index (χ0n) is 13.9. The largest absolute Gasteiger partial charge is 0.273 e. The number of nitrogens with zero attached hydrogens (tertiary/aromatic N) is 3. The summed E-state index contributed by atoms with van der Waals surface area (Å²) in [5.41, 5.74) is 1.17. The van der Waals surface area contributed by atoms with Gasteiger partial charge < -0.3 is 0 Å². The lowest BCUT2D eigenvalue weighted by Crippen LogP contribution is -2.48. The highest BCUT2D eigenvalue weighted by molar-refractivity contribution is 8.02. The number of nitro groups is 1. The number of quaternary nitrogens is 1. The van der Waals surface area contributed by atoms with Crippen LogP contribution in [-0.2, 0) is 0 Å². The summed E-state index contributed by atoms with van der Waals surface area (Å²) in [6, 6.07) is 6.77. The van der Waals surface area contributed by atoms with E-state index in [1.54, 1.807) is 23.9 Å². The standard InChI is InChI=1S/C16H23N4O2S/c1-5-20(10-17-4)11-18-15(12(2)3)16(20)23-14-8-6-7-13(9-14)19(21)22/h6-9,11-12,17H,5,10H2,1-4H3/q+1. The van der Waals surface area contributed by atoms with E-state index in [4.69, 9.17) is 0 Å². The molecule has 7 heteroatoms. The fourth-order valence-corrected chi connectivity index (χ4v) is 3.92. The molecule has 0 aliphatic carbocycles. The van der Waals surface area contributed by atoms with Crippen molar-refractivity contribution in [3.8, 4) is 0 Å². The van der Waals surface area contributed by atoms with Gasteiger partial charge in [-0.15, -0.1) is 0 Å². The van der Waals surface area contributed by atoms with Crippen molar-refractivity contribution in [1.82, 2.24) is 5.32 Å². The van der Waals surface area contributed by atoms with Gasteiger partial charge in [0.15, 0.2) is 6.34 Å². The molecule has 1 unspecified atom stereocenters. The maximum atomic E-state index is 11.0. The molecular formula is C16H23N4O2S+. The van der Waals surface area contributed by atoms with E-state index in [0.29, 0.717) is 10.4 Å². The Bertz CT molecular complexity index is 657. The number of aliphatic imine (C=N–C) groups is 1. The summed E-state index contributed by atoms with van der Waals surface area (Å²) >= 11 is 1.57. The highest BCUT2D eigenvalue weighted by Gasteiger charge is 2.38. The summed E-state index contributed by atoms with van der Waals surface area (Å²) in [6.07, 6.45) is 1.98. The van der Waals surface area contributed by atoms with Gasteiger partial charge in [-0.1, -0.05) is 19.9 Å². The van der Waals surface area contributed by atoms with Gasteiger partial charge in [-0.05, 0) is 31.8 Å². The zero-order chi connectivity index (χ0) is 17.0. The Balaban J connectivity index is 2.42. The minimum Gasteiger partial charge on any atom is -0.273 e. The van der Waals surface area contributed by atoms with E-state index >= 15 is 0 Å². The van der Waals surface area contributed by atoms with Crippen molar-refractivity contribution in [1.29, 1.82) is 0 Å². The molecule has 1 atom stereocenters. The first-order valence-corrected chi connectivity index (χ1v) is 8.48. The number of non-ortho nitro benzene ring substituents is 1. The van der Waals surface area contributed by atoms with Gasteiger partial charge in [-0.25, -0.2) is 9.48 Å². The van der Waals surface area contributed by atoms with Gasteiger partial charge in [0.25, 0.3) is 5.69 Å². The lowest BCUT2D eigenvalue weighted by molar-refractivity contribution is -0.786. The number of thioether (sulfide) groups is 1. The van der Waals surface area contributed by atoms with Crippen LogP contribution >= 0.6 is 11.8 Å². The summed E-state index contributed by atoms with van der Waals surface area (Å²) in [4.78, 5) is 16.1. The average molecular weight is 335 g/mol. The number of hydrogen-bond acceptors (Lipinski definition) is 5. The monoisotopic (exact) mass is 335 g/mol. The number of benzene rings is 1. The highest BCUT2D eigenvalue weighted by atomic mass is 32.2. The molecule has 0 aromatic heterocycles. The molecule has 1 aromatic carbocycles. The van der Waals surface area contributed by atoms with E-state index in [1.165, 1.54) is 6.07 Å². The second-order valence-corrected chi connectivity index (χ2v) is 6.87. The SMILES string of the molecule is CC[N+]1(CNC)C=NC(C(C)C)=C1Sc1cccc([N+](=O)[O-])c1. The quantitative estimate of drug-likeness (QED) is 0.470. The highest BCUT2D eigenvalue weighted by Crippen LogP contribution is 2.41. The van der Waals surface area contributed by atoms with Crippen LogP contribution in [0.25, 0.3) is 0 Å². The third kappa shape index (κ3) is 3.63. The fourth-order valence-electron chi connectivity index (χ4n) is 2.55. The van der Waals surface area contributed by atoms with Crippen molar-refractivity contribution in [2.24, 2.45) is 10.9 Å². The van der Waals surface area contributed by atoms with Crippen molar-refractivity contribution in [2.45, 2.75) is 25.7 Å². The molecule has 0 saturated heterocycles. The maximum absolute atomic E-state index is 11.0. The Kier molecular flexibility index (Phi) is 5.56. The first-order valence-electron chi connectivity index (χ1n) is 7.67. The number of nitro benzene ring substituents is 1. The zero-order valence-corrected chi connectivity index (χ0v) is 14.8. The van der Waals surface area contributed by atoms with Crippen LogP contribution in [0, 0.1) is 16.0 Å². The molecule has 0 spiro atoms. The van der Waals surface area contributed by atoms with Crippen molar-refractivity contribution < 1.29 is 9.41 Å². The molecule has 1 aromatic rings. The normalized spacial score (nSPS) is 20.6. The third-order valence-corrected chi connectivity index (χ3v) is 5.09. The summed E-state index contributed by atoms with van der Waals surface area (Å²) < 4.78 is 0.622. The van der Waals surface area contributed by atoms with E-state index < -0.39 is 0 Å². The minimum atomic E-state index is -0.359. The number of hydrogen-bond donors (Lipinski definition) is 1. The van der Waals surface area contributed by atoms with Gasteiger partial charge in [0.2, 0.25) is 5.03 Å². The molecule has 1 N–H and O–H groups in total. The molecule has 1 aliphatic rings. The molecule has 124 valence electrons. The average Bonchev–Trinajstić information content (AvgIpc) is 2.87. The van der Waals surface area contributed by atoms with Gasteiger partial charge in [0.1, 0.15) is 12.4 Å². The van der Waals surface area contributed by atoms with E-state index in [2.05, 4.69) is 31.1 Å². The van der Waals surface area contributed by atoms with Crippen molar-refractivity contribution >= 4 is 23.8 Å². The smallest absolute Gasteiger partial charge is 0.270 e. The van der Waals surface area contributed by atoms with Crippen LogP contribution in [0.15, 0.2) is 44.9 Å². The number of rotatable bonds is 7. The summed E-state index contributed by atoms with van der Waals surface area (Å²) in [5, 5.41) is 15.4. The number of allylic oxidation sites excluding steroid dienone is 1. The van der Waals surface area contributed by atoms with Crippen LogP contribution in [0.2, 0.25) is 0 Å². The number of nitrogens with one attached hydrogen (secondary N) is 1. The fraction of sp³-hybridized carbons (Fsp3) is 0.438. The van der Waals surface area contributed by atoms with Crippen molar-refractivity contribution in [2.75, 3.05) is 20.3 Å².